The number of hydrogen-bond acceptors (Lipinski definition) is 4. The molecule has 0 aliphatic heterocycles. The number of benzene rings is 1. The van der Waals surface area contributed by atoms with Gasteiger partial charge in [-0.25, -0.2) is 9.97 Å². The zero-order valence-corrected chi connectivity index (χ0v) is 10.8. The molecule has 3 N–H and O–H groups in total. The van der Waals surface area contributed by atoms with Gasteiger partial charge in [0.15, 0.2) is 0 Å². The number of nitrogens with two attached hydrogens (primary N) is 1. The van der Waals surface area contributed by atoms with Crippen molar-refractivity contribution in [2.75, 3.05) is 6.54 Å². The Bertz CT molecular complexity index is 644. The molecule has 0 saturated heterocycles. The summed E-state index contributed by atoms with van der Waals surface area (Å²) in [6.07, 6.45) is 4.33. The highest BCUT2D eigenvalue weighted by Crippen LogP contribution is 2.07. The topological polar surface area (TPSA) is 80.9 Å². The van der Waals surface area contributed by atoms with E-state index in [4.69, 9.17) is 5.73 Å². The van der Waals surface area contributed by atoms with Crippen LogP contribution in [0.5, 0.6) is 0 Å². The zero-order chi connectivity index (χ0) is 14.2. The summed E-state index contributed by atoms with van der Waals surface area (Å²) in [7, 11) is 0. The van der Waals surface area contributed by atoms with Gasteiger partial charge in [0, 0.05) is 24.5 Å². The molecule has 0 spiro atoms. The predicted octanol–water partition coefficient (Wildman–Crippen LogP) is 0.717. The monoisotopic (exact) mass is 266 g/mol. The van der Waals surface area contributed by atoms with Crippen molar-refractivity contribution < 1.29 is 4.79 Å². The maximum Gasteiger partial charge on any atom is 0.254 e. The second-order valence-corrected chi connectivity index (χ2v) is 3.97. The summed E-state index contributed by atoms with van der Waals surface area (Å²) in [6, 6.07) is 7.62. The molecular weight excluding hydrogens is 252 g/mol. The van der Waals surface area contributed by atoms with Crippen LogP contribution in [0.25, 0.3) is 0 Å². The van der Waals surface area contributed by atoms with Crippen LogP contribution in [0.4, 0.5) is 0 Å². The minimum absolute atomic E-state index is 0.216. The maximum absolute atomic E-state index is 11.9. The fourth-order valence-electron chi connectivity index (χ4n) is 1.64. The molecule has 0 fully saturated rings. The molecule has 2 aromatic rings. The van der Waals surface area contributed by atoms with Crippen LogP contribution in [0.2, 0.25) is 0 Å². The first kappa shape index (κ1) is 13.7. The highest BCUT2D eigenvalue weighted by molar-refractivity contribution is 5.93. The van der Waals surface area contributed by atoms with E-state index in [1.165, 1.54) is 18.7 Å². The van der Waals surface area contributed by atoms with E-state index < -0.39 is 0 Å². The van der Waals surface area contributed by atoms with Gasteiger partial charge in [0.05, 0.1) is 12.1 Å². The van der Waals surface area contributed by atoms with Crippen molar-refractivity contribution in [2.24, 2.45) is 5.73 Å². The number of nitrogens with zero attached hydrogens (tertiary/aromatic N) is 2. The van der Waals surface area contributed by atoms with Crippen LogP contribution in [0.15, 0.2) is 43.0 Å². The molecule has 1 aromatic carbocycles. The fraction of sp³-hybridized carbons (Fsp3) is 0.133. The predicted molar refractivity (Wildman–Crippen MR) is 75.6 cm³/mol. The number of aromatic nitrogens is 2. The van der Waals surface area contributed by atoms with Gasteiger partial charge in [-0.2, -0.15) is 0 Å². The van der Waals surface area contributed by atoms with E-state index >= 15 is 0 Å². The minimum atomic E-state index is -0.216. The summed E-state index contributed by atoms with van der Waals surface area (Å²) in [5, 5.41) is 2.81. The van der Waals surface area contributed by atoms with Crippen LogP contribution in [0, 0.1) is 11.8 Å². The Labute approximate surface area is 117 Å². The van der Waals surface area contributed by atoms with Crippen LogP contribution in [-0.4, -0.2) is 22.4 Å². The van der Waals surface area contributed by atoms with Crippen LogP contribution in [0.1, 0.15) is 21.5 Å². The van der Waals surface area contributed by atoms with E-state index in [-0.39, 0.29) is 5.91 Å². The van der Waals surface area contributed by atoms with Gasteiger partial charge in [0.2, 0.25) is 0 Å². The van der Waals surface area contributed by atoms with Gasteiger partial charge in [0.25, 0.3) is 5.91 Å². The van der Waals surface area contributed by atoms with Gasteiger partial charge in [-0.1, -0.05) is 30.0 Å². The summed E-state index contributed by atoms with van der Waals surface area (Å²) in [5.41, 5.74) is 7.60. The van der Waals surface area contributed by atoms with Gasteiger partial charge in [-0.05, 0) is 11.6 Å². The summed E-state index contributed by atoms with van der Waals surface area (Å²) < 4.78 is 0. The Morgan fingerprint density at radius 1 is 1.25 bits per heavy atom. The normalized spacial score (nSPS) is 9.45. The van der Waals surface area contributed by atoms with Gasteiger partial charge < -0.3 is 11.1 Å². The molecule has 1 aromatic heterocycles. The van der Waals surface area contributed by atoms with E-state index in [1.54, 1.807) is 0 Å². The summed E-state index contributed by atoms with van der Waals surface area (Å²) in [6.45, 7) is 0.700. The van der Waals surface area contributed by atoms with Crippen molar-refractivity contribution in [2.45, 2.75) is 6.54 Å². The Morgan fingerprint density at radius 2 is 2.00 bits per heavy atom. The second kappa shape index (κ2) is 7.02. The molecule has 20 heavy (non-hydrogen) atoms. The SMILES string of the molecule is NCC#Cc1ccccc1CNC(=O)c1cncnc1. The van der Waals surface area contributed by atoms with Crippen molar-refractivity contribution in [3.8, 4) is 11.8 Å². The highest BCUT2D eigenvalue weighted by Gasteiger charge is 2.06. The first-order valence-corrected chi connectivity index (χ1v) is 6.11. The van der Waals surface area contributed by atoms with Gasteiger partial charge >= 0.3 is 0 Å². The molecular formula is C15H14N4O. The molecule has 2 rings (SSSR count). The third-order valence-corrected chi connectivity index (χ3v) is 2.60. The van der Waals surface area contributed by atoms with Gasteiger partial charge in [0.1, 0.15) is 6.33 Å². The molecule has 0 aliphatic rings. The molecule has 1 amide bonds. The third kappa shape index (κ3) is 3.64. The molecule has 0 aliphatic carbocycles. The first-order chi connectivity index (χ1) is 9.81. The van der Waals surface area contributed by atoms with Gasteiger partial charge in [-0.3, -0.25) is 4.79 Å². The maximum atomic E-state index is 11.9. The van der Waals surface area contributed by atoms with Gasteiger partial charge in [-0.15, -0.1) is 0 Å². The quantitative estimate of drug-likeness (QED) is 0.802. The minimum Gasteiger partial charge on any atom is -0.348 e. The fourth-order valence-corrected chi connectivity index (χ4v) is 1.64. The molecule has 0 saturated carbocycles. The number of carbonyl (C=O) groups is 1. The standard InChI is InChI=1S/C15H14N4O/c16-7-3-6-12-4-1-2-5-13(12)10-19-15(20)14-8-17-11-18-9-14/h1-2,4-5,8-9,11H,7,10,16H2,(H,19,20). The van der Waals surface area contributed by atoms with E-state index in [0.29, 0.717) is 18.7 Å². The molecule has 0 radical (unpaired) electrons. The summed E-state index contributed by atoms with van der Waals surface area (Å²) in [4.78, 5) is 19.5. The van der Waals surface area contributed by atoms with E-state index in [9.17, 15) is 4.79 Å². The largest absolute Gasteiger partial charge is 0.348 e. The molecule has 5 heteroatoms. The first-order valence-electron chi connectivity index (χ1n) is 6.11. The van der Waals surface area contributed by atoms with Crippen LogP contribution < -0.4 is 11.1 Å². The zero-order valence-electron chi connectivity index (χ0n) is 10.8. The Balaban J connectivity index is 2.06. The summed E-state index contributed by atoms with van der Waals surface area (Å²) >= 11 is 0. The van der Waals surface area contributed by atoms with Crippen molar-refractivity contribution >= 4 is 5.91 Å². The lowest BCUT2D eigenvalue weighted by Crippen LogP contribution is -2.23. The number of carbonyl (C=O) groups excluding carboxylic acids is 1. The Morgan fingerprint density at radius 3 is 2.75 bits per heavy atom. The molecule has 5 nitrogen and oxygen atoms in total. The van der Waals surface area contributed by atoms with Crippen LogP contribution in [-0.2, 0) is 6.54 Å². The molecule has 0 atom stereocenters. The number of rotatable bonds is 3. The van der Waals surface area contributed by atoms with E-state index in [0.717, 1.165) is 11.1 Å². The average molecular weight is 266 g/mol. The van der Waals surface area contributed by atoms with Crippen molar-refractivity contribution in [1.82, 2.24) is 15.3 Å². The van der Waals surface area contributed by atoms with Crippen LogP contribution >= 0.6 is 0 Å². The molecule has 1 heterocycles. The lowest BCUT2D eigenvalue weighted by Gasteiger charge is -2.06. The highest BCUT2D eigenvalue weighted by atomic mass is 16.1. The van der Waals surface area contributed by atoms with Crippen molar-refractivity contribution in [3.05, 3.63) is 59.7 Å². The Kier molecular flexibility index (Phi) is 4.81. The van der Waals surface area contributed by atoms with E-state index in [1.807, 2.05) is 24.3 Å². The van der Waals surface area contributed by atoms with Crippen molar-refractivity contribution in [1.29, 1.82) is 0 Å². The lowest BCUT2D eigenvalue weighted by atomic mass is 10.1. The smallest absolute Gasteiger partial charge is 0.254 e. The number of amides is 1. The average Bonchev–Trinajstić information content (AvgIpc) is 2.52. The van der Waals surface area contributed by atoms with Crippen LogP contribution in [0.3, 0.4) is 0 Å². The Hall–Kier alpha value is -2.71. The number of hydrogen-bond donors (Lipinski definition) is 2. The molecule has 0 unspecified atom stereocenters. The third-order valence-electron chi connectivity index (χ3n) is 2.60. The molecule has 0 bridgehead atoms. The lowest BCUT2D eigenvalue weighted by molar-refractivity contribution is 0.0950. The molecule has 100 valence electrons. The van der Waals surface area contributed by atoms with E-state index in [2.05, 4.69) is 27.1 Å². The van der Waals surface area contributed by atoms with Crippen molar-refractivity contribution in [3.63, 3.8) is 0 Å². The second-order valence-electron chi connectivity index (χ2n) is 3.97. The summed E-state index contributed by atoms with van der Waals surface area (Å²) in [5.74, 6) is 5.58. The number of nitrogens with one attached hydrogen (secondary N) is 1.